The lowest BCUT2D eigenvalue weighted by molar-refractivity contribution is -0.140. The average Bonchev–Trinajstić information content (AvgIpc) is 3.09. The number of nitrogens with zero attached hydrogens (tertiary/aromatic N) is 3. The van der Waals surface area contributed by atoms with Crippen molar-refractivity contribution in [1.29, 1.82) is 0 Å². The molecule has 0 bridgehead atoms. The van der Waals surface area contributed by atoms with Crippen molar-refractivity contribution in [2.24, 2.45) is 0 Å². The van der Waals surface area contributed by atoms with Gasteiger partial charge in [-0.1, -0.05) is 62.4 Å². The van der Waals surface area contributed by atoms with E-state index in [-0.39, 0.29) is 11.3 Å². The van der Waals surface area contributed by atoms with Crippen LogP contribution in [0, 0.1) is 0 Å². The lowest BCUT2D eigenvalue weighted by Crippen LogP contribution is -2.38. The molecular weight excluding hydrogens is 402 g/mol. The molecule has 0 spiro atoms. The Morgan fingerprint density at radius 2 is 1.72 bits per heavy atom. The molecule has 1 N–H and O–H groups in total. The van der Waals surface area contributed by atoms with E-state index in [0.29, 0.717) is 24.3 Å². The highest BCUT2D eigenvalue weighted by molar-refractivity contribution is 6.46. The van der Waals surface area contributed by atoms with Gasteiger partial charge in [-0.2, -0.15) is 0 Å². The molecule has 1 aliphatic heterocycles. The second-order valence-corrected chi connectivity index (χ2v) is 7.80. The molecule has 4 rings (SSSR count). The first kappa shape index (κ1) is 21.7. The highest BCUT2D eigenvalue weighted by Crippen LogP contribution is 2.39. The molecule has 0 radical (unpaired) electrons. The molecule has 0 saturated carbocycles. The van der Waals surface area contributed by atoms with E-state index in [0.717, 1.165) is 23.9 Å². The summed E-state index contributed by atoms with van der Waals surface area (Å²) in [5, 5.41) is 13.1. The molecular formula is C26H27N3O3. The third-order valence-electron chi connectivity index (χ3n) is 6.10. The van der Waals surface area contributed by atoms with Crippen LogP contribution in [0.15, 0.2) is 72.4 Å². The van der Waals surface area contributed by atoms with Crippen LogP contribution < -0.4 is 0 Å². The predicted octanol–water partition coefficient (Wildman–Crippen LogP) is 4.00. The van der Waals surface area contributed by atoms with Crippen LogP contribution in [0.3, 0.4) is 0 Å². The summed E-state index contributed by atoms with van der Waals surface area (Å²) in [5.41, 5.74) is 1.18. The zero-order valence-corrected chi connectivity index (χ0v) is 18.4. The maximum absolute atomic E-state index is 13.2. The quantitative estimate of drug-likeness (QED) is 0.349. The van der Waals surface area contributed by atoms with Crippen molar-refractivity contribution < 1.29 is 14.7 Å². The average molecular weight is 430 g/mol. The number of amides is 1. The third kappa shape index (κ3) is 3.89. The number of Topliss-reactive ketones (excluding diaryl/α,β-unsaturated/α-hetero) is 1. The summed E-state index contributed by atoms with van der Waals surface area (Å²) in [6.45, 7) is 6.84. The molecule has 164 valence electrons. The number of fused-ring (bicyclic) bond motifs is 1. The summed E-state index contributed by atoms with van der Waals surface area (Å²) in [6, 6.07) is 17.9. The van der Waals surface area contributed by atoms with E-state index in [1.54, 1.807) is 29.3 Å². The number of aromatic nitrogens is 1. The Bertz CT molecular complexity index is 1160. The summed E-state index contributed by atoms with van der Waals surface area (Å²) in [4.78, 5) is 34.4. The molecule has 6 nitrogen and oxygen atoms in total. The zero-order valence-electron chi connectivity index (χ0n) is 18.4. The van der Waals surface area contributed by atoms with E-state index >= 15 is 0 Å². The van der Waals surface area contributed by atoms with E-state index in [9.17, 15) is 14.7 Å². The molecule has 1 aliphatic rings. The van der Waals surface area contributed by atoms with Gasteiger partial charge in [-0.05, 0) is 36.0 Å². The summed E-state index contributed by atoms with van der Waals surface area (Å²) in [6.07, 6.45) is 1.64. The van der Waals surface area contributed by atoms with Crippen LogP contribution in [0.2, 0.25) is 0 Å². The first-order valence-electron chi connectivity index (χ1n) is 11.0. The van der Waals surface area contributed by atoms with Gasteiger partial charge in [0, 0.05) is 24.8 Å². The van der Waals surface area contributed by atoms with Gasteiger partial charge in [0.05, 0.1) is 11.3 Å². The van der Waals surface area contributed by atoms with Crippen molar-refractivity contribution in [1.82, 2.24) is 14.8 Å². The van der Waals surface area contributed by atoms with Gasteiger partial charge in [0.15, 0.2) is 0 Å². The van der Waals surface area contributed by atoms with E-state index < -0.39 is 17.7 Å². The standard InChI is InChI=1S/C26H27N3O3/c1-3-28(4-2)16-17-29-23(21-14-7-8-15-27-21)22(25(31)26(29)32)24(30)20-13-9-11-18-10-5-6-12-19(18)20/h5-15,23,30H,3-4,16-17H2,1-2H3/b24-22-. The Labute approximate surface area is 187 Å². The fraction of sp³-hybridized carbons (Fsp3) is 0.269. The highest BCUT2D eigenvalue weighted by Gasteiger charge is 2.46. The van der Waals surface area contributed by atoms with Crippen molar-refractivity contribution in [3.05, 3.63) is 83.7 Å². The van der Waals surface area contributed by atoms with E-state index in [1.165, 1.54) is 0 Å². The Morgan fingerprint density at radius 1 is 1.00 bits per heavy atom. The fourth-order valence-corrected chi connectivity index (χ4v) is 4.32. The number of hydrogen-bond acceptors (Lipinski definition) is 5. The molecule has 3 aromatic rings. The molecule has 1 aromatic heterocycles. The highest BCUT2D eigenvalue weighted by atomic mass is 16.3. The number of rotatable bonds is 7. The van der Waals surface area contributed by atoms with Crippen LogP contribution >= 0.6 is 0 Å². The molecule has 1 saturated heterocycles. The second kappa shape index (κ2) is 9.32. The fourth-order valence-electron chi connectivity index (χ4n) is 4.32. The number of carbonyl (C=O) groups is 2. The maximum atomic E-state index is 13.2. The van der Waals surface area contributed by atoms with Crippen LogP contribution in [0.1, 0.15) is 31.1 Å². The number of aliphatic hydroxyl groups excluding tert-OH is 1. The molecule has 32 heavy (non-hydrogen) atoms. The molecule has 0 aliphatic carbocycles. The van der Waals surface area contributed by atoms with Gasteiger partial charge >= 0.3 is 0 Å². The van der Waals surface area contributed by atoms with Gasteiger partial charge in [0.1, 0.15) is 11.8 Å². The number of hydrogen-bond donors (Lipinski definition) is 1. The molecule has 1 unspecified atom stereocenters. The van der Waals surface area contributed by atoms with Crippen LogP contribution in [-0.2, 0) is 9.59 Å². The van der Waals surface area contributed by atoms with Crippen LogP contribution in [0.5, 0.6) is 0 Å². The number of pyridine rings is 1. The van der Waals surface area contributed by atoms with Crippen LogP contribution in [-0.4, -0.2) is 57.8 Å². The SMILES string of the molecule is CCN(CC)CCN1C(=O)C(=O)/C(=C(\O)c2cccc3ccccc23)C1c1ccccn1. The smallest absolute Gasteiger partial charge is 0.295 e. The Morgan fingerprint density at radius 3 is 2.44 bits per heavy atom. The van der Waals surface area contributed by atoms with Crippen LogP contribution in [0.25, 0.3) is 16.5 Å². The largest absolute Gasteiger partial charge is 0.507 e. The van der Waals surface area contributed by atoms with Gasteiger partial charge < -0.3 is 14.9 Å². The van der Waals surface area contributed by atoms with E-state index in [2.05, 4.69) is 23.7 Å². The number of carbonyl (C=O) groups excluding carboxylic acids is 2. The molecule has 2 aromatic carbocycles. The Balaban J connectivity index is 1.85. The van der Waals surface area contributed by atoms with Gasteiger partial charge in [-0.3, -0.25) is 14.6 Å². The minimum atomic E-state index is -0.731. The van der Waals surface area contributed by atoms with Crippen molar-refractivity contribution in [3.63, 3.8) is 0 Å². The Kier molecular flexibility index (Phi) is 6.32. The second-order valence-electron chi connectivity index (χ2n) is 7.80. The van der Waals surface area contributed by atoms with Gasteiger partial charge in [0.2, 0.25) is 0 Å². The normalized spacial score (nSPS) is 18.1. The Hall–Kier alpha value is -3.51. The summed E-state index contributed by atoms with van der Waals surface area (Å²) < 4.78 is 0. The maximum Gasteiger partial charge on any atom is 0.295 e. The third-order valence-corrected chi connectivity index (χ3v) is 6.10. The zero-order chi connectivity index (χ0) is 22.7. The molecule has 1 amide bonds. The van der Waals surface area contributed by atoms with Crippen molar-refractivity contribution in [3.8, 4) is 0 Å². The predicted molar refractivity (Wildman–Crippen MR) is 125 cm³/mol. The molecule has 1 fully saturated rings. The summed E-state index contributed by atoms with van der Waals surface area (Å²) in [5.74, 6) is -1.44. The monoisotopic (exact) mass is 429 g/mol. The first-order chi connectivity index (χ1) is 15.6. The number of likely N-dealkylation sites (N-methyl/N-ethyl adjacent to an activating group) is 1. The van der Waals surface area contributed by atoms with Gasteiger partial charge in [-0.25, -0.2) is 0 Å². The van der Waals surface area contributed by atoms with Crippen LogP contribution in [0.4, 0.5) is 0 Å². The van der Waals surface area contributed by atoms with Crippen molar-refractivity contribution in [2.75, 3.05) is 26.2 Å². The lowest BCUT2D eigenvalue weighted by Gasteiger charge is -2.27. The van der Waals surface area contributed by atoms with Gasteiger partial charge in [0.25, 0.3) is 11.7 Å². The number of ketones is 1. The minimum Gasteiger partial charge on any atom is -0.507 e. The number of likely N-dealkylation sites (tertiary alicyclic amines) is 1. The number of benzene rings is 2. The molecule has 1 atom stereocenters. The summed E-state index contributed by atoms with van der Waals surface area (Å²) >= 11 is 0. The van der Waals surface area contributed by atoms with Crippen molar-refractivity contribution >= 4 is 28.2 Å². The first-order valence-corrected chi connectivity index (χ1v) is 11.0. The van der Waals surface area contributed by atoms with E-state index in [4.69, 9.17) is 0 Å². The summed E-state index contributed by atoms with van der Waals surface area (Å²) in [7, 11) is 0. The molecule has 6 heteroatoms. The number of aliphatic hydroxyl groups is 1. The van der Waals surface area contributed by atoms with E-state index in [1.807, 2.05) is 42.5 Å². The molecule has 2 heterocycles. The minimum absolute atomic E-state index is 0.0876. The van der Waals surface area contributed by atoms with Gasteiger partial charge in [-0.15, -0.1) is 0 Å². The lowest BCUT2D eigenvalue weighted by atomic mass is 9.95. The topological polar surface area (TPSA) is 73.7 Å². The van der Waals surface area contributed by atoms with Crippen molar-refractivity contribution in [2.45, 2.75) is 19.9 Å².